The monoisotopic (exact) mass is 245 g/mol. The van der Waals surface area contributed by atoms with Crippen LogP contribution in [0.2, 0.25) is 0 Å². The van der Waals surface area contributed by atoms with Gasteiger partial charge in [0.15, 0.2) is 11.6 Å². The molecule has 2 aromatic rings. The molecule has 2 rings (SSSR count). The summed E-state index contributed by atoms with van der Waals surface area (Å²) in [6, 6.07) is 4.64. The van der Waals surface area contributed by atoms with Gasteiger partial charge in [0, 0.05) is 23.4 Å². The van der Waals surface area contributed by atoms with Gasteiger partial charge < -0.3 is 4.74 Å². The Hall–Kier alpha value is -2.23. The predicted molar refractivity (Wildman–Crippen MR) is 66.9 cm³/mol. The second-order valence-corrected chi connectivity index (χ2v) is 3.78. The number of hydrogen-bond acceptors (Lipinski definition) is 3. The molecule has 0 unspecified atom stereocenters. The number of halogens is 1. The number of aromatic nitrogens is 1. The Balaban J connectivity index is 2.51. The van der Waals surface area contributed by atoms with E-state index in [0.717, 1.165) is 23.6 Å². The van der Waals surface area contributed by atoms with Crippen molar-refractivity contribution in [3.8, 4) is 5.75 Å². The zero-order valence-corrected chi connectivity index (χ0v) is 9.94. The molecule has 1 aromatic heterocycles. The van der Waals surface area contributed by atoms with Crippen LogP contribution in [0.3, 0.4) is 0 Å². The first-order valence-electron chi connectivity index (χ1n) is 5.56. The molecule has 0 bridgehead atoms. The Morgan fingerprint density at radius 2 is 2.22 bits per heavy atom. The minimum Gasteiger partial charge on any atom is -0.420 e. The van der Waals surface area contributed by atoms with Crippen molar-refractivity contribution < 1.29 is 13.9 Å². The fraction of sp³-hybridized carbons (Fsp3) is 0.143. The van der Waals surface area contributed by atoms with Crippen molar-refractivity contribution in [1.82, 2.24) is 4.98 Å². The van der Waals surface area contributed by atoms with Crippen LogP contribution < -0.4 is 4.74 Å². The molecule has 0 aliphatic rings. The molecule has 0 amide bonds. The highest BCUT2D eigenvalue weighted by Gasteiger charge is 2.09. The minimum atomic E-state index is -0.682. The molecule has 1 aromatic carbocycles. The third-order valence-corrected chi connectivity index (χ3v) is 2.57. The zero-order valence-electron chi connectivity index (χ0n) is 9.94. The molecule has 0 aliphatic carbocycles. The van der Waals surface area contributed by atoms with Crippen LogP contribution in [0.4, 0.5) is 4.39 Å². The van der Waals surface area contributed by atoms with Gasteiger partial charge in [-0.2, -0.15) is 0 Å². The first-order chi connectivity index (χ1) is 8.63. The Bertz CT molecular complexity index is 622. The van der Waals surface area contributed by atoms with Gasteiger partial charge in [-0.15, -0.1) is 0 Å². The van der Waals surface area contributed by atoms with E-state index in [1.165, 1.54) is 12.1 Å². The molecule has 0 fully saturated rings. The van der Waals surface area contributed by atoms with Crippen LogP contribution in [0, 0.1) is 5.82 Å². The summed E-state index contributed by atoms with van der Waals surface area (Å²) in [5.41, 5.74) is 0.898. The van der Waals surface area contributed by atoms with Crippen molar-refractivity contribution in [2.24, 2.45) is 0 Å². The number of carbonyl (C=O) groups excluding carboxylic acids is 1. The molecule has 92 valence electrons. The second kappa shape index (κ2) is 4.96. The van der Waals surface area contributed by atoms with Gasteiger partial charge in [-0.25, -0.2) is 9.18 Å². The molecule has 0 spiro atoms. The van der Waals surface area contributed by atoms with Crippen molar-refractivity contribution in [3.05, 3.63) is 48.6 Å². The van der Waals surface area contributed by atoms with Gasteiger partial charge in [-0.1, -0.05) is 13.5 Å². The van der Waals surface area contributed by atoms with Crippen LogP contribution in [0.15, 0.2) is 37.1 Å². The van der Waals surface area contributed by atoms with Gasteiger partial charge in [0.1, 0.15) is 0 Å². The molecule has 0 atom stereocenters. The van der Waals surface area contributed by atoms with E-state index in [-0.39, 0.29) is 5.75 Å². The van der Waals surface area contributed by atoms with Gasteiger partial charge in [0.05, 0.1) is 0 Å². The first-order valence-corrected chi connectivity index (χ1v) is 5.56. The third kappa shape index (κ3) is 2.37. The van der Waals surface area contributed by atoms with E-state index >= 15 is 0 Å². The summed E-state index contributed by atoms with van der Waals surface area (Å²) < 4.78 is 18.5. The largest absolute Gasteiger partial charge is 0.420 e. The van der Waals surface area contributed by atoms with Crippen molar-refractivity contribution >= 4 is 16.7 Å². The van der Waals surface area contributed by atoms with Crippen LogP contribution in [-0.2, 0) is 11.2 Å². The number of esters is 1. The summed E-state index contributed by atoms with van der Waals surface area (Å²) in [7, 11) is 0. The summed E-state index contributed by atoms with van der Waals surface area (Å²) in [5, 5.41) is 1.46. The van der Waals surface area contributed by atoms with Gasteiger partial charge in [0.25, 0.3) is 0 Å². The number of carbonyl (C=O) groups is 1. The van der Waals surface area contributed by atoms with Gasteiger partial charge in [-0.05, 0) is 30.0 Å². The fourth-order valence-corrected chi connectivity index (χ4v) is 1.61. The number of nitrogens with zero attached hydrogens (tertiary/aromatic N) is 1. The minimum absolute atomic E-state index is 0.0966. The van der Waals surface area contributed by atoms with Crippen LogP contribution in [0.25, 0.3) is 10.8 Å². The molecule has 4 heteroatoms. The highest BCUT2D eigenvalue weighted by atomic mass is 19.1. The SMILES string of the molecule is C=CC(=O)Oc1cc2cc(CC)ncc2cc1F. The Kier molecular flexibility index (Phi) is 3.37. The lowest BCUT2D eigenvalue weighted by Crippen LogP contribution is -2.04. The van der Waals surface area contributed by atoms with Gasteiger partial charge >= 0.3 is 5.97 Å². The number of ether oxygens (including phenoxy) is 1. The maximum atomic E-state index is 13.7. The maximum Gasteiger partial charge on any atom is 0.335 e. The Morgan fingerprint density at radius 1 is 1.44 bits per heavy atom. The number of aryl methyl sites for hydroxylation is 1. The summed E-state index contributed by atoms with van der Waals surface area (Å²) >= 11 is 0. The molecular formula is C14H12FNO2. The second-order valence-electron chi connectivity index (χ2n) is 3.78. The van der Waals surface area contributed by atoms with Crippen molar-refractivity contribution in [2.75, 3.05) is 0 Å². The highest BCUT2D eigenvalue weighted by Crippen LogP contribution is 2.25. The van der Waals surface area contributed by atoms with E-state index in [0.29, 0.717) is 5.39 Å². The number of fused-ring (bicyclic) bond motifs is 1. The van der Waals surface area contributed by atoms with Crippen LogP contribution in [0.1, 0.15) is 12.6 Å². The fourth-order valence-electron chi connectivity index (χ4n) is 1.61. The molecule has 0 saturated carbocycles. The van der Waals surface area contributed by atoms with Gasteiger partial charge in [-0.3, -0.25) is 4.98 Å². The normalized spacial score (nSPS) is 10.3. The maximum absolute atomic E-state index is 13.7. The first kappa shape index (κ1) is 12.2. The molecule has 3 nitrogen and oxygen atoms in total. The van der Waals surface area contributed by atoms with E-state index < -0.39 is 11.8 Å². The molecule has 0 radical (unpaired) electrons. The molecule has 1 heterocycles. The molecule has 0 saturated heterocycles. The Morgan fingerprint density at radius 3 is 2.89 bits per heavy atom. The number of hydrogen-bond donors (Lipinski definition) is 0. The average Bonchev–Trinajstić information content (AvgIpc) is 2.39. The summed E-state index contributed by atoms with van der Waals surface area (Å²) in [4.78, 5) is 15.3. The third-order valence-electron chi connectivity index (χ3n) is 2.57. The lowest BCUT2D eigenvalue weighted by molar-refractivity contribution is -0.129. The summed E-state index contributed by atoms with van der Waals surface area (Å²) in [6.45, 7) is 5.25. The lowest BCUT2D eigenvalue weighted by Gasteiger charge is -2.06. The molecular weight excluding hydrogens is 233 g/mol. The van der Waals surface area contributed by atoms with Crippen LogP contribution in [-0.4, -0.2) is 11.0 Å². The number of rotatable bonds is 3. The van der Waals surface area contributed by atoms with E-state index in [9.17, 15) is 9.18 Å². The van der Waals surface area contributed by atoms with E-state index in [2.05, 4.69) is 11.6 Å². The molecule has 18 heavy (non-hydrogen) atoms. The Labute approximate surface area is 104 Å². The smallest absolute Gasteiger partial charge is 0.335 e. The number of benzene rings is 1. The summed E-state index contributed by atoms with van der Waals surface area (Å²) in [6.07, 6.45) is 3.39. The molecule has 0 N–H and O–H groups in total. The lowest BCUT2D eigenvalue weighted by atomic mass is 10.1. The van der Waals surface area contributed by atoms with Crippen LogP contribution in [0.5, 0.6) is 5.75 Å². The average molecular weight is 245 g/mol. The quantitative estimate of drug-likeness (QED) is 0.474. The van der Waals surface area contributed by atoms with Gasteiger partial charge in [0.2, 0.25) is 0 Å². The number of pyridine rings is 1. The van der Waals surface area contributed by atoms with Crippen molar-refractivity contribution in [2.45, 2.75) is 13.3 Å². The molecule has 0 aliphatic heterocycles. The summed E-state index contributed by atoms with van der Waals surface area (Å²) in [5.74, 6) is -1.37. The highest BCUT2D eigenvalue weighted by molar-refractivity contribution is 5.87. The van der Waals surface area contributed by atoms with E-state index in [4.69, 9.17) is 4.74 Å². The van der Waals surface area contributed by atoms with E-state index in [1.807, 2.05) is 13.0 Å². The topological polar surface area (TPSA) is 39.2 Å². The zero-order chi connectivity index (χ0) is 13.1. The predicted octanol–water partition coefficient (Wildman–Crippen LogP) is 3.03. The van der Waals surface area contributed by atoms with Crippen molar-refractivity contribution in [1.29, 1.82) is 0 Å². The standard InChI is InChI=1S/C14H12FNO2/c1-3-11-5-9-7-13(18-14(17)4-2)12(15)6-10(9)8-16-11/h4-8H,2-3H2,1H3. The van der Waals surface area contributed by atoms with Crippen LogP contribution >= 0.6 is 0 Å². The van der Waals surface area contributed by atoms with E-state index in [1.54, 1.807) is 6.20 Å². The van der Waals surface area contributed by atoms with Crippen molar-refractivity contribution in [3.63, 3.8) is 0 Å².